The van der Waals surface area contributed by atoms with Crippen molar-refractivity contribution < 1.29 is 4.79 Å². The van der Waals surface area contributed by atoms with Gasteiger partial charge in [0, 0.05) is 43.9 Å². The summed E-state index contributed by atoms with van der Waals surface area (Å²) in [6, 6.07) is 2.27. The van der Waals surface area contributed by atoms with Gasteiger partial charge in [-0.05, 0) is 26.7 Å². The summed E-state index contributed by atoms with van der Waals surface area (Å²) in [7, 11) is 0. The van der Waals surface area contributed by atoms with E-state index in [2.05, 4.69) is 20.2 Å². The topological polar surface area (TPSA) is 84.1 Å². The maximum Gasteiger partial charge on any atom is 0.221 e. The minimum atomic E-state index is 0.0553. The second kappa shape index (κ2) is 6.65. The highest BCUT2D eigenvalue weighted by molar-refractivity contribution is 5.76. The van der Waals surface area contributed by atoms with Gasteiger partial charge in [-0.2, -0.15) is 0 Å². The zero-order valence-corrected chi connectivity index (χ0v) is 12.2. The van der Waals surface area contributed by atoms with Crippen LogP contribution in [0.2, 0.25) is 0 Å². The average molecular weight is 277 g/mol. The number of hydrogen-bond acceptors (Lipinski definition) is 5. The number of aryl methyl sites for hydroxylation is 2. The lowest BCUT2D eigenvalue weighted by Gasteiger charge is -2.33. The van der Waals surface area contributed by atoms with Gasteiger partial charge in [-0.1, -0.05) is 0 Å². The molecule has 0 spiro atoms. The Balaban J connectivity index is 1.89. The molecule has 1 aromatic rings. The molecular weight excluding hydrogens is 254 g/mol. The van der Waals surface area contributed by atoms with E-state index in [1.807, 2.05) is 19.9 Å². The monoisotopic (exact) mass is 277 g/mol. The van der Waals surface area contributed by atoms with Gasteiger partial charge in [-0.25, -0.2) is 9.97 Å². The molecule has 6 nitrogen and oxygen atoms in total. The first-order valence-corrected chi connectivity index (χ1v) is 7.15. The smallest absolute Gasteiger partial charge is 0.221 e. The van der Waals surface area contributed by atoms with Crippen LogP contribution in [0.5, 0.6) is 0 Å². The third-order valence-corrected chi connectivity index (χ3v) is 3.51. The number of amides is 1. The Labute approximate surface area is 119 Å². The summed E-state index contributed by atoms with van der Waals surface area (Å²) in [4.78, 5) is 22.6. The molecule has 0 atom stereocenters. The number of aromatic nitrogens is 2. The highest BCUT2D eigenvalue weighted by Crippen LogP contribution is 2.18. The van der Waals surface area contributed by atoms with E-state index in [4.69, 9.17) is 5.73 Å². The Morgan fingerprint density at radius 3 is 2.70 bits per heavy atom. The molecule has 1 aliphatic heterocycles. The standard InChI is InChI=1S/C14H23N5O/c1-10-9-13(17-11(2)16-10)19-7-4-12(5-8-19)18-14(20)3-6-15/h9,12H,3-8,15H2,1-2H3,(H,18,20). The fourth-order valence-corrected chi connectivity index (χ4v) is 2.54. The number of hydrogen-bond donors (Lipinski definition) is 2. The molecule has 6 heteroatoms. The molecule has 0 radical (unpaired) electrons. The van der Waals surface area contributed by atoms with Crippen molar-refractivity contribution in [1.29, 1.82) is 0 Å². The highest BCUT2D eigenvalue weighted by Gasteiger charge is 2.21. The molecule has 0 aromatic carbocycles. The predicted molar refractivity (Wildman–Crippen MR) is 78.6 cm³/mol. The van der Waals surface area contributed by atoms with Crippen molar-refractivity contribution in [2.45, 2.75) is 39.2 Å². The summed E-state index contributed by atoms with van der Waals surface area (Å²) in [6.45, 7) is 6.12. The van der Waals surface area contributed by atoms with Crippen LogP contribution in [0.4, 0.5) is 5.82 Å². The Bertz CT molecular complexity index is 448. The van der Waals surface area contributed by atoms with E-state index >= 15 is 0 Å². The average Bonchev–Trinajstić information content (AvgIpc) is 2.38. The van der Waals surface area contributed by atoms with Crippen molar-refractivity contribution in [3.05, 3.63) is 17.6 Å². The van der Waals surface area contributed by atoms with E-state index in [0.717, 1.165) is 43.3 Å². The molecule has 1 fully saturated rings. The lowest BCUT2D eigenvalue weighted by Crippen LogP contribution is -2.45. The van der Waals surface area contributed by atoms with Crippen molar-refractivity contribution in [2.24, 2.45) is 5.73 Å². The predicted octanol–water partition coefficient (Wildman–Crippen LogP) is 0.527. The Kier molecular flexibility index (Phi) is 4.89. The van der Waals surface area contributed by atoms with E-state index in [1.165, 1.54) is 0 Å². The van der Waals surface area contributed by atoms with Crippen molar-refractivity contribution in [3.8, 4) is 0 Å². The zero-order valence-electron chi connectivity index (χ0n) is 12.2. The zero-order chi connectivity index (χ0) is 14.5. The van der Waals surface area contributed by atoms with Crippen LogP contribution >= 0.6 is 0 Å². The number of nitrogens with two attached hydrogens (primary N) is 1. The van der Waals surface area contributed by atoms with E-state index < -0.39 is 0 Å². The quantitative estimate of drug-likeness (QED) is 0.838. The van der Waals surface area contributed by atoms with Gasteiger partial charge in [0.05, 0.1) is 0 Å². The Morgan fingerprint density at radius 2 is 2.10 bits per heavy atom. The van der Waals surface area contributed by atoms with Crippen molar-refractivity contribution >= 4 is 11.7 Å². The van der Waals surface area contributed by atoms with E-state index in [9.17, 15) is 4.79 Å². The number of carbonyl (C=O) groups excluding carboxylic acids is 1. The first-order chi connectivity index (χ1) is 9.58. The number of anilines is 1. The first-order valence-electron chi connectivity index (χ1n) is 7.15. The van der Waals surface area contributed by atoms with Crippen LogP contribution < -0.4 is 16.0 Å². The molecule has 2 rings (SSSR count). The molecule has 20 heavy (non-hydrogen) atoms. The van der Waals surface area contributed by atoms with Crippen molar-refractivity contribution in [2.75, 3.05) is 24.5 Å². The maximum absolute atomic E-state index is 11.5. The lowest BCUT2D eigenvalue weighted by atomic mass is 10.0. The van der Waals surface area contributed by atoms with Crippen LogP contribution in [0.3, 0.4) is 0 Å². The molecule has 2 heterocycles. The summed E-state index contributed by atoms with van der Waals surface area (Å²) in [6.07, 6.45) is 2.29. The molecule has 0 bridgehead atoms. The molecular formula is C14H23N5O. The molecule has 0 aliphatic carbocycles. The van der Waals surface area contributed by atoms with Crippen LogP contribution in [0.25, 0.3) is 0 Å². The second-order valence-electron chi connectivity index (χ2n) is 5.28. The van der Waals surface area contributed by atoms with Gasteiger partial charge < -0.3 is 16.0 Å². The minimum Gasteiger partial charge on any atom is -0.356 e. The van der Waals surface area contributed by atoms with Gasteiger partial charge in [-0.3, -0.25) is 4.79 Å². The summed E-state index contributed by atoms with van der Waals surface area (Å²) in [5.74, 6) is 1.85. The number of carbonyl (C=O) groups is 1. The molecule has 1 amide bonds. The fourth-order valence-electron chi connectivity index (χ4n) is 2.54. The summed E-state index contributed by atoms with van der Waals surface area (Å²) >= 11 is 0. The number of nitrogens with one attached hydrogen (secondary N) is 1. The minimum absolute atomic E-state index is 0.0553. The van der Waals surface area contributed by atoms with Crippen LogP contribution in [-0.2, 0) is 4.79 Å². The number of nitrogens with zero attached hydrogens (tertiary/aromatic N) is 3. The second-order valence-corrected chi connectivity index (χ2v) is 5.28. The molecule has 0 unspecified atom stereocenters. The van der Waals surface area contributed by atoms with Gasteiger partial charge >= 0.3 is 0 Å². The van der Waals surface area contributed by atoms with Crippen LogP contribution in [-0.4, -0.2) is 41.6 Å². The fraction of sp³-hybridized carbons (Fsp3) is 0.643. The van der Waals surface area contributed by atoms with Crippen LogP contribution in [0, 0.1) is 13.8 Å². The summed E-state index contributed by atoms with van der Waals surface area (Å²) in [5, 5.41) is 3.04. The normalized spacial score (nSPS) is 16.2. The van der Waals surface area contributed by atoms with Gasteiger partial charge in [0.2, 0.25) is 5.91 Å². The van der Waals surface area contributed by atoms with Crippen LogP contribution in [0.1, 0.15) is 30.8 Å². The van der Waals surface area contributed by atoms with E-state index in [-0.39, 0.29) is 11.9 Å². The number of piperidine rings is 1. The van der Waals surface area contributed by atoms with Gasteiger partial charge in [-0.15, -0.1) is 0 Å². The third-order valence-electron chi connectivity index (χ3n) is 3.51. The molecule has 110 valence electrons. The molecule has 1 aromatic heterocycles. The lowest BCUT2D eigenvalue weighted by molar-refractivity contribution is -0.121. The van der Waals surface area contributed by atoms with E-state index in [1.54, 1.807) is 0 Å². The number of rotatable bonds is 4. The Hall–Kier alpha value is -1.69. The van der Waals surface area contributed by atoms with Gasteiger partial charge in [0.1, 0.15) is 11.6 Å². The summed E-state index contributed by atoms with van der Waals surface area (Å²) < 4.78 is 0. The summed E-state index contributed by atoms with van der Waals surface area (Å²) in [5.41, 5.74) is 6.37. The van der Waals surface area contributed by atoms with E-state index in [0.29, 0.717) is 13.0 Å². The first kappa shape index (κ1) is 14.7. The third kappa shape index (κ3) is 3.90. The van der Waals surface area contributed by atoms with Gasteiger partial charge in [0.25, 0.3) is 0 Å². The van der Waals surface area contributed by atoms with Crippen molar-refractivity contribution in [3.63, 3.8) is 0 Å². The SMILES string of the molecule is Cc1cc(N2CCC(NC(=O)CCN)CC2)nc(C)n1. The molecule has 1 saturated heterocycles. The molecule has 0 saturated carbocycles. The largest absolute Gasteiger partial charge is 0.356 e. The molecule has 1 aliphatic rings. The van der Waals surface area contributed by atoms with Gasteiger partial charge in [0.15, 0.2) is 0 Å². The Morgan fingerprint density at radius 1 is 1.40 bits per heavy atom. The molecule has 3 N–H and O–H groups in total. The van der Waals surface area contributed by atoms with Crippen molar-refractivity contribution in [1.82, 2.24) is 15.3 Å². The maximum atomic E-state index is 11.5. The highest BCUT2D eigenvalue weighted by atomic mass is 16.1. The van der Waals surface area contributed by atoms with Crippen LogP contribution in [0.15, 0.2) is 6.07 Å².